The first-order valence-corrected chi connectivity index (χ1v) is 9.14. The molecule has 8 nitrogen and oxygen atoms in total. The van der Waals surface area contributed by atoms with Crippen LogP contribution in [-0.4, -0.2) is 86.4 Å². The van der Waals surface area contributed by atoms with E-state index in [4.69, 9.17) is 0 Å². The maximum Gasteiger partial charge on any atom is 0.246 e. The van der Waals surface area contributed by atoms with Gasteiger partial charge in [-0.15, -0.1) is 0 Å². The summed E-state index contributed by atoms with van der Waals surface area (Å²) in [6.45, 7) is 17.4. The number of nitrogens with one attached hydrogen (secondary N) is 3. The summed E-state index contributed by atoms with van der Waals surface area (Å²) in [7, 11) is 0. The van der Waals surface area contributed by atoms with E-state index in [0.29, 0.717) is 52.4 Å². The predicted octanol–water partition coefficient (Wildman–Crippen LogP) is -0.483. The molecule has 0 aliphatic carbocycles. The Morgan fingerprint density at radius 2 is 1.26 bits per heavy atom. The maximum absolute atomic E-state index is 12.0. The Kier molecular flexibility index (Phi) is 14.3. The lowest BCUT2D eigenvalue weighted by atomic mass is 10.3. The van der Waals surface area contributed by atoms with Crippen LogP contribution in [0.5, 0.6) is 0 Å². The van der Waals surface area contributed by atoms with Crippen molar-refractivity contribution >= 4 is 17.7 Å². The zero-order valence-corrected chi connectivity index (χ0v) is 16.3. The number of nitrogens with zero attached hydrogens (tertiary/aromatic N) is 2. The topological polar surface area (TPSA) is 93.8 Å². The predicted molar refractivity (Wildman–Crippen MR) is 108 cm³/mol. The molecule has 0 heterocycles. The van der Waals surface area contributed by atoms with Gasteiger partial charge in [0.25, 0.3) is 0 Å². The highest BCUT2D eigenvalue weighted by molar-refractivity contribution is 5.88. The number of amides is 3. The summed E-state index contributed by atoms with van der Waals surface area (Å²) in [5.74, 6) is -0.561. The molecule has 0 saturated carbocycles. The van der Waals surface area contributed by atoms with E-state index < -0.39 is 0 Å². The Labute approximate surface area is 162 Å². The van der Waals surface area contributed by atoms with Gasteiger partial charge in [0.05, 0.1) is 0 Å². The minimum Gasteiger partial charge on any atom is -0.351 e. The van der Waals surface area contributed by atoms with E-state index in [1.54, 1.807) is 9.80 Å². The Balaban J connectivity index is 4.40. The van der Waals surface area contributed by atoms with Crippen LogP contribution in [0.15, 0.2) is 38.0 Å². The molecule has 0 aromatic rings. The lowest BCUT2D eigenvalue weighted by Crippen LogP contribution is -2.44. The third kappa shape index (κ3) is 11.7. The molecule has 0 aromatic heterocycles. The molecule has 0 aromatic carbocycles. The molecule has 0 saturated heterocycles. The van der Waals surface area contributed by atoms with Gasteiger partial charge in [-0.3, -0.25) is 14.4 Å². The van der Waals surface area contributed by atoms with Crippen molar-refractivity contribution in [1.82, 2.24) is 25.8 Å². The summed E-state index contributed by atoms with van der Waals surface area (Å²) >= 11 is 0. The van der Waals surface area contributed by atoms with Crippen LogP contribution in [0, 0.1) is 0 Å². The quantitative estimate of drug-likeness (QED) is 0.249. The first-order valence-electron chi connectivity index (χ1n) is 9.14. The molecule has 0 spiro atoms. The van der Waals surface area contributed by atoms with Crippen LogP contribution in [0.1, 0.15) is 6.92 Å². The monoisotopic (exact) mass is 379 g/mol. The van der Waals surface area contributed by atoms with Gasteiger partial charge in [0, 0.05) is 52.4 Å². The van der Waals surface area contributed by atoms with Gasteiger partial charge in [-0.1, -0.05) is 26.7 Å². The Morgan fingerprint density at radius 1 is 0.741 bits per heavy atom. The number of likely N-dealkylation sites (N-methyl/N-ethyl adjacent to an activating group) is 1. The summed E-state index contributed by atoms with van der Waals surface area (Å²) in [5, 5.41) is 8.99. The zero-order valence-electron chi connectivity index (χ0n) is 16.3. The van der Waals surface area contributed by atoms with Gasteiger partial charge in [0.15, 0.2) is 0 Å². The lowest BCUT2D eigenvalue weighted by molar-refractivity contribution is -0.129. The third-order valence-corrected chi connectivity index (χ3v) is 3.77. The molecule has 0 unspecified atom stereocenters. The minimum absolute atomic E-state index is 0.157. The highest BCUT2D eigenvalue weighted by atomic mass is 16.2. The molecule has 0 radical (unpaired) electrons. The Bertz CT molecular complexity index is 508. The van der Waals surface area contributed by atoms with Gasteiger partial charge < -0.3 is 25.8 Å². The molecule has 0 rings (SSSR count). The van der Waals surface area contributed by atoms with Crippen molar-refractivity contribution in [2.75, 3.05) is 58.9 Å². The molecule has 0 atom stereocenters. The fourth-order valence-electron chi connectivity index (χ4n) is 2.24. The SMILES string of the molecule is C=CC(=O)NCCNCCN(CCN(CCNCC)C(=O)C=C)C(=O)C=C. The molecule has 8 heteroatoms. The average Bonchev–Trinajstić information content (AvgIpc) is 2.69. The van der Waals surface area contributed by atoms with E-state index in [1.807, 2.05) is 6.92 Å². The standard InChI is InChI=1S/C19H33N5O3/c1-5-17(25)22-10-9-21-12-14-24(19(27)7-3)16-15-23(18(26)6-2)13-11-20-8-4/h5-7,20-21H,1-3,8-16H2,4H3,(H,22,25). The summed E-state index contributed by atoms with van der Waals surface area (Å²) in [6, 6.07) is 0. The molecule has 0 bridgehead atoms. The fourth-order valence-corrected chi connectivity index (χ4v) is 2.24. The minimum atomic E-state index is -0.218. The Morgan fingerprint density at radius 3 is 1.70 bits per heavy atom. The number of rotatable bonds is 16. The van der Waals surface area contributed by atoms with Gasteiger partial charge in [-0.2, -0.15) is 0 Å². The first-order chi connectivity index (χ1) is 13.0. The number of carbonyl (C=O) groups excluding carboxylic acids is 3. The van der Waals surface area contributed by atoms with Gasteiger partial charge in [-0.05, 0) is 24.8 Å². The second-order valence-electron chi connectivity index (χ2n) is 5.66. The Hall–Kier alpha value is -2.45. The van der Waals surface area contributed by atoms with Crippen LogP contribution in [0.3, 0.4) is 0 Å². The van der Waals surface area contributed by atoms with Crippen molar-refractivity contribution in [1.29, 1.82) is 0 Å². The van der Waals surface area contributed by atoms with Crippen molar-refractivity contribution in [3.8, 4) is 0 Å². The lowest BCUT2D eigenvalue weighted by Gasteiger charge is -2.27. The normalized spacial score (nSPS) is 9.96. The first kappa shape index (κ1) is 24.6. The highest BCUT2D eigenvalue weighted by Crippen LogP contribution is 1.96. The van der Waals surface area contributed by atoms with E-state index in [-0.39, 0.29) is 17.7 Å². The van der Waals surface area contributed by atoms with Crippen LogP contribution >= 0.6 is 0 Å². The van der Waals surface area contributed by atoms with Crippen molar-refractivity contribution < 1.29 is 14.4 Å². The number of hydrogen-bond donors (Lipinski definition) is 3. The smallest absolute Gasteiger partial charge is 0.246 e. The molecule has 0 fully saturated rings. The van der Waals surface area contributed by atoms with Gasteiger partial charge in [0.2, 0.25) is 17.7 Å². The van der Waals surface area contributed by atoms with Crippen molar-refractivity contribution in [2.24, 2.45) is 0 Å². The van der Waals surface area contributed by atoms with Crippen LogP contribution in [-0.2, 0) is 14.4 Å². The second-order valence-corrected chi connectivity index (χ2v) is 5.66. The van der Waals surface area contributed by atoms with Gasteiger partial charge in [0.1, 0.15) is 0 Å². The summed E-state index contributed by atoms with van der Waals surface area (Å²) < 4.78 is 0. The van der Waals surface area contributed by atoms with E-state index in [1.165, 1.54) is 18.2 Å². The molecular formula is C19H33N5O3. The molecular weight excluding hydrogens is 346 g/mol. The van der Waals surface area contributed by atoms with Crippen molar-refractivity contribution in [2.45, 2.75) is 6.92 Å². The summed E-state index contributed by atoms with van der Waals surface area (Å²) in [4.78, 5) is 38.4. The molecule has 0 aliphatic heterocycles. The van der Waals surface area contributed by atoms with E-state index >= 15 is 0 Å². The maximum atomic E-state index is 12.0. The average molecular weight is 380 g/mol. The second kappa shape index (κ2) is 15.8. The number of carbonyl (C=O) groups is 3. The number of hydrogen-bond acceptors (Lipinski definition) is 5. The van der Waals surface area contributed by atoms with E-state index in [2.05, 4.69) is 35.7 Å². The molecule has 3 amide bonds. The highest BCUT2D eigenvalue weighted by Gasteiger charge is 2.14. The van der Waals surface area contributed by atoms with Crippen LogP contribution < -0.4 is 16.0 Å². The van der Waals surface area contributed by atoms with Gasteiger partial charge >= 0.3 is 0 Å². The fraction of sp³-hybridized carbons (Fsp3) is 0.526. The van der Waals surface area contributed by atoms with Crippen molar-refractivity contribution in [3.63, 3.8) is 0 Å². The van der Waals surface area contributed by atoms with Crippen LogP contribution in [0.4, 0.5) is 0 Å². The summed E-state index contributed by atoms with van der Waals surface area (Å²) in [5.41, 5.74) is 0. The third-order valence-electron chi connectivity index (χ3n) is 3.77. The summed E-state index contributed by atoms with van der Waals surface area (Å²) in [6.07, 6.45) is 3.77. The van der Waals surface area contributed by atoms with Crippen LogP contribution in [0.2, 0.25) is 0 Å². The van der Waals surface area contributed by atoms with Crippen molar-refractivity contribution in [3.05, 3.63) is 38.0 Å². The van der Waals surface area contributed by atoms with E-state index in [0.717, 1.165) is 6.54 Å². The van der Waals surface area contributed by atoms with Crippen LogP contribution in [0.25, 0.3) is 0 Å². The molecule has 0 aliphatic rings. The van der Waals surface area contributed by atoms with Gasteiger partial charge in [-0.25, -0.2) is 0 Å². The molecule has 152 valence electrons. The largest absolute Gasteiger partial charge is 0.351 e. The molecule has 3 N–H and O–H groups in total. The zero-order chi connectivity index (χ0) is 20.5. The van der Waals surface area contributed by atoms with E-state index in [9.17, 15) is 14.4 Å². The molecule has 27 heavy (non-hydrogen) atoms.